The van der Waals surface area contributed by atoms with Crippen LogP contribution in [0, 0.1) is 6.92 Å². The predicted octanol–water partition coefficient (Wildman–Crippen LogP) is 3.43. The second kappa shape index (κ2) is 8.03. The van der Waals surface area contributed by atoms with Gasteiger partial charge >= 0.3 is 0 Å². The van der Waals surface area contributed by atoms with E-state index in [0.29, 0.717) is 11.4 Å². The number of aryl methyl sites for hydroxylation is 1. The number of rotatable bonds is 6. The first-order valence-corrected chi connectivity index (χ1v) is 10.9. The minimum absolute atomic E-state index is 0.0988. The lowest BCUT2D eigenvalue weighted by atomic mass is 9.95. The van der Waals surface area contributed by atoms with Gasteiger partial charge in [0, 0.05) is 30.7 Å². The van der Waals surface area contributed by atoms with Crippen molar-refractivity contribution in [2.45, 2.75) is 50.0 Å². The molecular formula is C20H29N3O2S. The normalized spacial score (nSPS) is 16.7. The summed E-state index contributed by atoms with van der Waals surface area (Å²) in [6.45, 7) is 3.21. The van der Waals surface area contributed by atoms with Crippen molar-refractivity contribution in [2.24, 2.45) is 0 Å². The Balaban J connectivity index is 2.06. The van der Waals surface area contributed by atoms with Gasteiger partial charge in [0.25, 0.3) is 0 Å². The number of nitrogens with zero attached hydrogens (tertiary/aromatic N) is 3. The van der Waals surface area contributed by atoms with Gasteiger partial charge in [-0.25, -0.2) is 8.42 Å². The second-order valence-corrected chi connectivity index (χ2v) is 9.35. The molecule has 3 rings (SSSR count). The molecule has 1 fully saturated rings. The standard InChI is InChI=1S/C20H29N3O2S/c1-16-11-12-19(18-10-7-13-21-20(16)18)26(24,25)23(15-14-22(2)3)17-8-5-4-6-9-17/h7,10-13,17H,4-6,8-9,14-15H2,1-3H3. The van der Waals surface area contributed by atoms with Crippen LogP contribution in [0.15, 0.2) is 35.4 Å². The van der Waals surface area contributed by atoms with E-state index >= 15 is 0 Å². The molecule has 26 heavy (non-hydrogen) atoms. The van der Waals surface area contributed by atoms with E-state index in [4.69, 9.17) is 0 Å². The fourth-order valence-electron chi connectivity index (χ4n) is 3.81. The van der Waals surface area contributed by atoms with Crippen molar-refractivity contribution >= 4 is 20.9 Å². The maximum atomic E-state index is 13.6. The Hall–Kier alpha value is -1.50. The van der Waals surface area contributed by atoms with E-state index in [1.807, 2.05) is 44.1 Å². The zero-order valence-electron chi connectivity index (χ0n) is 16.0. The van der Waals surface area contributed by atoms with Crippen LogP contribution in [0.4, 0.5) is 0 Å². The quantitative estimate of drug-likeness (QED) is 0.776. The van der Waals surface area contributed by atoms with Crippen molar-refractivity contribution in [3.8, 4) is 0 Å². The van der Waals surface area contributed by atoms with Gasteiger partial charge in [-0.3, -0.25) is 4.98 Å². The van der Waals surface area contributed by atoms with E-state index in [0.717, 1.165) is 48.7 Å². The van der Waals surface area contributed by atoms with Crippen molar-refractivity contribution in [2.75, 3.05) is 27.2 Å². The molecule has 0 atom stereocenters. The lowest BCUT2D eigenvalue weighted by Crippen LogP contribution is -2.44. The van der Waals surface area contributed by atoms with Crippen LogP contribution in [0.1, 0.15) is 37.7 Å². The monoisotopic (exact) mass is 375 g/mol. The third-order valence-corrected chi connectivity index (χ3v) is 7.28. The van der Waals surface area contributed by atoms with E-state index in [1.165, 1.54) is 6.42 Å². The fraction of sp³-hybridized carbons (Fsp3) is 0.550. The van der Waals surface area contributed by atoms with E-state index in [-0.39, 0.29) is 6.04 Å². The molecular weight excluding hydrogens is 346 g/mol. The molecule has 1 heterocycles. The van der Waals surface area contributed by atoms with E-state index in [9.17, 15) is 8.42 Å². The highest BCUT2D eigenvalue weighted by atomic mass is 32.2. The number of hydrogen-bond donors (Lipinski definition) is 0. The summed E-state index contributed by atoms with van der Waals surface area (Å²) in [6.07, 6.45) is 7.04. The van der Waals surface area contributed by atoms with Gasteiger partial charge in [0.15, 0.2) is 0 Å². The third-order valence-electron chi connectivity index (χ3n) is 5.27. The predicted molar refractivity (Wildman–Crippen MR) is 106 cm³/mol. The van der Waals surface area contributed by atoms with Crippen molar-refractivity contribution in [1.29, 1.82) is 0 Å². The molecule has 1 saturated carbocycles. The number of hydrogen-bond acceptors (Lipinski definition) is 4. The van der Waals surface area contributed by atoms with E-state index in [2.05, 4.69) is 4.98 Å². The summed E-state index contributed by atoms with van der Waals surface area (Å²) in [4.78, 5) is 6.84. The maximum Gasteiger partial charge on any atom is 0.244 e. The minimum atomic E-state index is -3.57. The third kappa shape index (κ3) is 3.92. The van der Waals surface area contributed by atoms with Crippen LogP contribution in [-0.2, 0) is 10.0 Å². The Morgan fingerprint density at radius 1 is 1.08 bits per heavy atom. The van der Waals surface area contributed by atoms with Gasteiger partial charge in [-0.05, 0) is 57.6 Å². The molecule has 0 unspecified atom stereocenters. The highest BCUT2D eigenvalue weighted by Gasteiger charge is 2.33. The Morgan fingerprint density at radius 3 is 2.50 bits per heavy atom. The van der Waals surface area contributed by atoms with Crippen LogP contribution in [0.5, 0.6) is 0 Å². The highest BCUT2D eigenvalue weighted by Crippen LogP contribution is 2.31. The van der Waals surface area contributed by atoms with Gasteiger partial charge < -0.3 is 4.90 Å². The maximum absolute atomic E-state index is 13.6. The molecule has 6 heteroatoms. The number of benzene rings is 1. The van der Waals surface area contributed by atoms with Gasteiger partial charge in [-0.1, -0.05) is 25.3 Å². The molecule has 1 aliphatic carbocycles. The Morgan fingerprint density at radius 2 is 1.81 bits per heavy atom. The topological polar surface area (TPSA) is 53.5 Å². The number of aromatic nitrogens is 1. The first-order chi connectivity index (χ1) is 12.4. The lowest BCUT2D eigenvalue weighted by Gasteiger charge is -2.34. The van der Waals surface area contributed by atoms with Gasteiger partial charge in [-0.15, -0.1) is 0 Å². The molecule has 1 aromatic carbocycles. The van der Waals surface area contributed by atoms with Crippen LogP contribution in [0.2, 0.25) is 0 Å². The number of pyridine rings is 1. The van der Waals surface area contributed by atoms with Crippen LogP contribution >= 0.6 is 0 Å². The molecule has 1 aliphatic rings. The van der Waals surface area contributed by atoms with Crippen LogP contribution < -0.4 is 0 Å². The molecule has 0 spiro atoms. The summed E-state index contributed by atoms with van der Waals surface area (Å²) >= 11 is 0. The smallest absolute Gasteiger partial charge is 0.244 e. The summed E-state index contributed by atoms with van der Waals surface area (Å²) in [5.41, 5.74) is 1.77. The number of sulfonamides is 1. The second-order valence-electron chi connectivity index (χ2n) is 7.49. The molecule has 0 N–H and O–H groups in total. The van der Waals surface area contributed by atoms with Crippen LogP contribution in [0.25, 0.3) is 10.9 Å². The zero-order chi connectivity index (χ0) is 18.7. The average molecular weight is 376 g/mol. The summed E-state index contributed by atoms with van der Waals surface area (Å²) in [7, 11) is 0.393. The van der Waals surface area contributed by atoms with Crippen molar-refractivity contribution in [1.82, 2.24) is 14.2 Å². The van der Waals surface area contributed by atoms with E-state index in [1.54, 1.807) is 16.6 Å². The molecule has 0 bridgehead atoms. The minimum Gasteiger partial charge on any atom is -0.308 e. The van der Waals surface area contributed by atoms with Crippen molar-refractivity contribution in [3.63, 3.8) is 0 Å². The molecule has 5 nitrogen and oxygen atoms in total. The van der Waals surface area contributed by atoms with Crippen LogP contribution in [-0.4, -0.2) is 55.8 Å². The molecule has 0 amide bonds. The fourth-order valence-corrected chi connectivity index (χ4v) is 5.67. The van der Waals surface area contributed by atoms with Crippen LogP contribution in [0.3, 0.4) is 0 Å². The van der Waals surface area contributed by atoms with Crippen molar-refractivity contribution < 1.29 is 8.42 Å². The summed E-state index contributed by atoms with van der Waals surface area (Å²) < 4.78 is 29.1. The van der Waals surface area contributed by atoms with Gasteiger partial charge in [0.2, 0.25) is 10.0 Å². The lowest BCUT2D eigenvalue weighted by molar-refractivity contribution is 0.233. The summed E-state index contributed by atoms with van der Waals surface area (Å²) in [6, 6.07) is 7.40. The largest absolute Gasteiger partial charge is 0.308 e. The van der Waals surface area contributed by atoms with Gasteiger partial charge in [-0.2, -0.15) is 4.31 Å². The first kappa shape index (κ1) is 19.3. The zero-order valence-corrected chi connectivity index (χ0v) is 16.8. The molecule has 0 saturated heterocycles. The van der Waals surface area contributed by atoms with Crippen molar-refractivity contribution in [3.05, 3.63) is 36.0 Å². The molecule has 142 valence electrons. The Labute approximate surface area is 157 Å². The molecule has 0 radical (unpaired) electrons. The summed E-state index contributed by atoms with van der Waals surface area (Å²) in [5.74, 6) is 0. The van der Waals surface area contributed by atoms with E-state index < -0.39 is 10.0 Å². The van der Waals surface area contributed by atoms with Gasteiger partial charge in [0.05, 0.1) is 10.4 Å². The Kier molecular flexibility index (Phi) is 5.95. The Bertz CT molecular complexity index is 858. The molecule has 1 aromatic heterocycles. The molecule has 2 aromatic rings. The number of likely N-dealkylation sites (N-methyl/N-ethyl adjacent to an activating group) is 1. The summed E-state index contributed by atoms with van der Waals surface area (Å²) in [5, 5.41) is 0.721. The average Bonchev–Trinajstić information content (AvgIpc) is 2.62. The highest BCUT2D eigenvalue weighted by molar-refractivity contribution is 7.89. The molecule has 0 aliphatic heterocycles. The SMILES string of the molecule is Cc1ccc(S(=O)(=O)N(CCN(C)C)C2CCCCC2)c2cccnc12. The number of fused-ring (bicyclic) bond motifs is 1. The van der Waals surface area contributed by atoms with Gasteiger partial charge in [0.1, 0.15) is 0 Å². The first-order valence-electron chi connectivity index (χ1n) is 9.42.